The molecule has 1 aliphatic rings. The van der Waals surface area contributed by atoms with Gasteiger partial charge in [-0.25, -0.2) is 0 Å². The highest BCUT2D eigenvalue weighted by Crippen LogP contribution is 2.38. The molecule has 0 saturated heterocycles. The van der Waals surface area contributed by atoms with Crippen molar-refractivity contribution in [2.24, 2.45) is 0 Å². The molecule has 0 aromatic heterocycles. The van der Waals surface area contributed by atoms with E-state index in [9.17, 15) is 0 Å². The Morgan fingerprint density at radius 3 is 2.44 bits per heavy atom. The zero-order chi connectivity index (χ0) is 14.1. The highest BCUT2D eigenvalue weighted by atomic mass is 28.4. The van der Waals surface area contributed by atoms with Gasteiger partial charge in [0.2, 0.25) is 0 Å². The van der Waals surface area contributed by atoms with Crippen molar-refractivity contribution in [1.29, 1.82) is 0 Å². The van der Waals surface area contributed by atoms with Gasteiger partial charge in [0.05, 0.1) is 12.7 Å². The van der Waals surface area contributed by atoms with Gasteiger partial charge in [0.25, 0.3) is 0 Å². The van der Waals surface area contributed by atoms with Gasteiger partial charge in [0, 0.05) is 0 Å². The van der Waals surface area contributed by atoms with Gasteiger partial charge in [-0.2, -0.15) is 0 Å². The van der Waals surface area contributed by atoms with E-state index in [0.717, 1.165) is 5.57 Å². The van der Waals surface area contributed by atoms with E-state index >= 15 is 0 Å². The summed E-state index contributed by atoms with van der Waals surface area (Å²) in [7, 11) is -1.72. The summed E-state index contributed by atoms with van der Waals surface area (Å²) in [5.41, 5.74) is 2.31. The molecule has 104 valence electrons. The van der Waals surface area contributed by atoms with Crippen molar-refractivity contribution in [3.8, 4) is 0 Å². The number of rotatable bonds is 4. The van der Waals surface area contributed by atoms with E-state index in [1.165, 1.54) is 5.57 Å². The smallest absolute Gasteiger partial charge is 0.192 e. The van der Waals surface area contributed by atoms with Crippen LogP contribution < -0.4 is 0 Å². The molecule has 18 heavy (non-hydrogen) atoms. The minimum absolute atomic E-state index is 0.0748. The van der Waals surface area contributed by atoms with Gasteiger partial charge < -0.3 is 9.16 Å². The second-order valence-electron chi connectivity index (χ2n) is 6.83. The molecule has 1 heterocycles. The fourth-order valence-electron chi connectivity index (χ4n) is 1.73. The molecule has 0 aromatic rings. The molecule has 2 atom stereocenters. The average Bonchev–Trinajstić information content (AvgIpc) is 2.63. The van der Waals surface area contributed by atoms with Crippen molar-refractivity contribution in [2.75, 3.05) is 6.61 Å². The summed E-state index contributed by atoms with van der Waals surface area (Å²) >= 11 is 0. The average molecular weight is 268 g/mol. The fourth-order valence-corrected chi connectivity index (χ4v) is 3.14. The Morgan fingerprint density at radius 1 is 1.50 bits per heavy atom. The van der Waals surface area contributed by atoms with Gasteiger partial charge in [0.15, 0.2) is 8.32 Å². The Bertz CT molecular complexity index is 350. The van der Waals surface area contributed by atoms with Gasteiger partial charge in [-0.1, -0.05) is 32.9 Å². The van der Waals surface area contributed by atoms with Crippen molar-refractivity contribution in [3.05, 3.63) is 23.8 Å². The molecule has 0 fully saturated rings. The quantitative estimate of drug-likeness (QED) is 0.708. The third-order valence-electron chi connectivity index (χ3n) is 4.09. The van der Waals surface area contributed by atoms with Crippen LogP contribution in [-0.2, 0) is 9.16 Å². The van der Waals surface area contributed by atoms with E-state index in [2.05, 4.69) is 53.4 Å². The molecule has 2 nitrogen and oxygen atoms in total. The molecule has 0 spiro atoms. The van der Waals surface area contributed by atoms with Crippen molar-refractivity contribution in [1.82, 2.24) is 0 Å². The van der Waals surface area contributed by atoms with Crippen molar-refractivity contribution < 1.29 is 9.16 Å². The van der Waals surface area contributed by atoms with Crippen LogP contribution in [0, 0.1) is 0 Å². The summed E-state index contributed by atoms with van der Waals surface area (Å²) in [6.45, 7) is 20.1. The SMILES string of the molecule is C=C(C)C1=C[C@H]([C@H](C)O[Si](C)(C)C(C)(C)C)OC1. The van der Waals surface area contributed by atoms with Crippen LogP contribution in [0.4, 0.5) is 0 Å². The van der Waals surface area contributed by atoms with Crippen molar-refractivity contribution >= 4 is 8.32 Å². The van der Waals surface area contributed by atoms with Crippen LogP contribution in [0.3, 0.4) is 0 Å². The van der Waals surface area contributed by atoms with Crippen LogP contribution in [0.1, 0.15) is 34.6 Å². The highest BCUT2D eigenvalue weighted by molar-refractivity contribution is 6.74. The van der Waals surface area contributed by atoms with E-state index in [-0.39, 0.29) is 17.2 Å². The van der Waals surface area contributed by atoms with Crippen LogP contribution in [0.15, 0.2) is 23.8 Å². The van der Waals surface area contributed by atoms with E-state index < -0.39 is 8.32 Å². The number of ether oxygens (including phenoxy) is 1. The molecule has 0 aliphatic carbocycles. The number of hydrogen-bond acceptors (Lipinski definition) is 2. The minimum Gasteiger partial charge on any atom is -0.411 e. The Kier molecular flexibility index (Phi) is 4.63. The first-order valence-corrected chi connectivity index (χ1v) is 9.61. The first-order chi connectivity index (χ1) is 8.04. The van der Waals surface area contributed by atoms with E-state index in [1.54, 1.807) is 0 Å². The summed E-state index contributed by atoms with van der Waals surface area (Å²) in [5, 5.41) is 0.237. The first-order valence-electron chi connectivity index (χ1n) is 6.70. The van der Waals surface area contributed by atoms with Crippen LogP contribution >= 0.6 is 0 Å². The highest BCUT2D eigenvalue weighted by Gasteiger charge is 2.40. The fraction of sp³-hybridized carbons (Fsp3) is 0.733. The van der Waals surface area contributed by atoms with E-state index in [4.69, 9.17) is 9.16 Å². The molecule has 1 aliphatic heterocycles. The summed E-state index contributed by atoms with van der Waals surface area (Å²) in [5.74, 6) is 0. The molecule has 0 saturated carbocycles. The lowest BCUT2D eigenvalue weighted by molar-refractivity contribution is 0.0289. The Balaban J connectivity index is 2.68. The second-order valence-corrected chi connectivity index (χ2v) is 11.6. The Labute approximate surface area is 113 Å². The lowest BCUT2D eigenvalue weighted by Crippen LogP contribution is -2.45. The lowest BCUT2D eigenvalue weighted by atomic mass is 10.1. The van der Waals surface area contributed by atoms with Gasteiger partial charge in [0.1, 0.15) is 6.10 Å². The third kappa shape index (κ3) is 3.56. The molecule has 0 bridgehead atoms. The Hall–Kier alpha value is -0.383. The minimum atomic E-state index is -1.72. The van der Waals surface area contributed by atoms with Crippen LogP contribution in [-0.4, -0.2) is 27.1 Å². The Morgan fingerprint density at radius 2 is 2.06 bits per heavy atom. The molecule has 1 rings (SSSR count). The molecule has 0 unspecified atom stereocenters. The zero-order valence-corrected chi connectivity index (χ0v) is 14.0. The maximum absolute atomic E-state index is 6.35. The maximum Gasteiger partial charge on any atom is 0.192 e. The maximum atomic E-state index is 6.35. The predicted molar refractivity (Wildman–Crippen MR) is 80.4 cm³/mol. The standard InChI is InChI=1S/C15H28O2Si/c1-11(2)13-9-14(16-10-13)12(3)17-18(7,8)15(4,5)6/h9,12,14H,1,10H2,2-8H3/t12-,14+/m0/s1. The van der Waals surface area contributed by atoms with Crippen LogP contribution in [0.25, 0.3) is 0 Å². The van der Waals surface area contributed by atoms with Gasteiger partial charge in [-0.3, -0.25) is 0 Å². The summed E-state index contributed by atoms with van der Waals surface area (Å²) < 4.78 is 12.1. The van der Waals surface area contributed by atoms with Gasteiger partial charge >= 0.3 is 0 Å². The molecule has 0 amide bonds. The summed E-state index contributed by atoms with van der Waals surface area (Å²) in [6, 6.07) is 0. The molecule has 0 radical (unpaired) electrons. The van der Waals surface area contributed by atoms with Crippen LogP contribution in [0.2, 0.25) is 18.1 Å². The van der Waals surface area contributed by atoms with Crippen molar-refractivity contribution in [2.45, 2.75) is 65.0 Å². The van der Waals surface area contributed by atoms with Crippen LogP contribution in [0.5, 0.6) is 0 Å². The monoisotopic (exact) mass is 268 g/mol. The topological polar surface area (TPSA) is 18.5 Å². The molecule has 0 aromatic carbocycles. The van der Waals surface area contributed by atoms with Gasteiger partial charge in [-0.05, 0) is 43.6 Å². The zero-order valence-electron chi connectivity index (χ0n) is 13.0. The normalized spacial score (nSPS) is 22.8. The van der Waals surface area contributed by atoms with Gasteiger partial charge in [-0.15, -0.1) is 0 Å². The molecule has 3 heteroatoms. The van der Waals surface area contributed by atoms with E-state index in [0.29, 0.717) is 6.61 Å². The van der Waals surface area contributed by atoms with Crippen molar-refractivity contribution in [3.63, 3.8) is 0 Å². The second kappa shape index (κ2) is 5.31. The summed E-state index contributed by atoms with van der Waals surface area (Å²) in [4.78, 5) is 0. The first kappa shape index (κ1) is 15.7. The molecular formula is C15H28O2Si. The molecular weight excluding hydrogens is 240 g/mol. The van der Waals surface area contributed by atoms with E-state index in [1.807, 2.05) is 6.92 Å². The largest absolute Gasteiger partial charge is 0.411 e. The molecule has 0 N–H and O–H groups in total. The number of hydrogen-bond donors (Lipinski definition) is 0. The predicted octanol–water partition coefficient (Wildman–Crippen LogP) is 4.30. The third-order valence-corrected chi connectivity index (χ3v) is 8.67. The summed E-state index contributed by atoms with van der Waals surface area (Å²) in [6.07, 6.45) is 2.36. The lowest BCUT2D eigenvalue weighted by Gasteiger charge is -2.39.